The van der Waals surface area contributed by atoms with Crippen LogP contribution in [0.5, 0.6) is 0 Å². The largest absolute Gasteiger partial charge is 0.481 e. The van der Waals surface area contributed by atoms with E-state index in [0.717, 1.165) is 12.8 Å². The fourth-order valence-corrected chi connectivity index (χ4v) is 1.66. The molecule has 0 unspecified atom stereocenters. The summed E-state index contributed by atoms with van der Waals surface area (Å²) in [5.41, 5.74) is 5.59. The van der Waals surface area contributed by atoms with Crippen LogP contribution in [0.1, 0.15) is 19.8 Å². The lowest BCUT2D eigenvalue weighted by molar-refractivity contribution is -0.143. The van der Waals surface area contributed by atoms with Crippen molar-refractivity contribution in [2.45, 2.75) is 25.8 Å². The van der Waals surface area contributed by atoms with Crippen molar-refractivity contribution >= 4 is 5.97 Å². The molecule has 0 aromatic heterocycles. The number of aliphatic carboxylic acids is 1. The predicted octanol–water partition coefficient (Wildman–Crippen LogP) is 0.444. The smallest absolute Gasteiger partial charge is 0.308 e. The first kappa shape index (κ1) is 7.54. The highest BCUT2D eigenvalue weighted by atomic mass is 16.4. The third-order valence-electron chi connectivity index (χ3n) is 2.31. The monoisotopic (exact) mass is 143 g/mol. The number of hydrogen-bond donors (Lipinski definition) is 2. The molecule has 0 amide bonds. The van der Waals surface area contributed by atoms with Crippen molar-refractivity contribution < 1.29 is 9.90 Å². The number of carbonyl (C=O) groups is 1. The van der Waals surface area contributed by atoms with E-state index in [4.69, 9.17) is 10.8 Å². The van der Waals surface area contributed by atoms with E-state index in [2.05, 4.69) is 0 Å². The number of carboxylic acids is 1. The topological polar surface area (TPSA) is 63.3 Å². The van der Waals surface area contributed by atoms with Gasteiger partial charge in [-0.3, -0.25) is 4.79 Å². The van der Waals surface area contributed by atoms with Crippen molar-refractivity contribution in [1.29, 1.82) is 0 Å². The number of nitrogens with two attached hydrogens (primary N) is 1. The zero-order chi connectivity index (χ0) is 7.72. The van der Waals surface area contributed by atoms with Crippen LogP contribution in [0.2, 0.25) is 0 Å². The minimum absolute atomic E-state index is 0.118. The van der Waals surface area contributed by atoms with Gasteiger partial charge >= 0.3 is 5.97 Å². The van der Waals surface area contributed by atoms with Crippen molar-refractivity contribution in [2.24, 2.45) is 17.6 Å². The van der Waals surface area contributed by atoms with Gasteiger partial charge in [-0.2, -0.15) is 0 Å². The van der Waals surface area contributed by atoms with E-state index >= 15 is 0 Å². The van der Waals surface area contributed by atoms with Gasteiger partial charge in [0.15, 0.2) is 0 Å². The van der Waals surface area contributed by atoms with Gasteiger partial charge in [0.1, 0.15) is 0 Å². The Labute approximate surface area is 60.2 Å². The minimum Gasteiger partial charge on any atom is -0.481 e. The van der Waals surface area contributed by atoms with Crippen LogP contribution < -0.4 is 5.73 Å². The molecule has 0 bridgehead atoms. The van der Waals surface area contributed by atoms with Gasteiger partial charge in [-0.05, 0) is 18.8 Å². The lowest BCUT2D eigenvalue weighted by atomic mass is 9.96. The van der Waals surface area contributed by atoms with Crippen LogP contribution in [0, 0.1) is 11.8 Å². The summed E-state index contributed by atoms with van der Waals surface area (Å²) in [6, 6.07) is -0.118. The quantitative estimate of drug-likeness (QED) is 0.560. The van der Waals surface area contributed by atoms with Crippen LogP contribution in [-0.4, -0.2) is 17.1 Å². The fourth-order valence-electron chi connectivity index (χ4n) is 1.66. The Bertz CT molecular complexity index is 137. The molecule has 0 spiro atoms. The van der Waals surface area contributed by atoms with Gasteiger partial charge in [0.25, 0.3) is 0 Å². The maximum atomic E-state index is 10.5. The van der Waals surface area contributed by atoms with Crippen molar-refractivity contribution in [3.8, 4) is 0 Å². The summed E-state index contributed by atoms with van der Waals surface area (Å²) in [5.74, 6) is -0.787. The molecule has 0 aromatic carbocycles. The molecule has 10 heavy (non-hydrogen) atoms. The highest BCUT2D eigenvalue weighted by Gasteiger charge is 2.35. The lowest BCUT2D eigenvalue weighted by Gasteiger charge is -2.13. The molecule has 0 heterocycles. The highest BCUT2D eigenvalue weighted by Crippen LogP contribution is 2.30. The van der Waals surface area contributed by atoms with Crippen LogP contribution in [0.3, 0.4) is 0 Å². The van der Waals surface area contributed by atoms with E-state index in [1.807, 2.05) is 6.92 Å². The van der Waals surface area contributed by atoms with Gasteiger partial charge in [-0.1, -0.05) is 6.92 Å². The van der Waals surface area contributed by atoms with E-state index < -0.39 is 5.97 Å². The molecule has 0 aromatic rings. The molecule has 1 fully saturated rings. The summed E-state index contributed by atoms with van der Waals surface area (Å²) in [7, 11) is 0. The van der Waals surface area contributed by atoms with Crippen molar-refractivity contribution in [3.63, 3.8) is 0 Å². The molecule has 1 aliphatic rings. The second-order valence-corrected chi connectivity index (χ2v) is 3.08. The van der Waals surface area contributed by atoms with Crippen molar-refractivity contribution in [1.82, 2.24) is 0 Å². The Hall–Kier alpha value is -0.570. The first-order valence-corrected chi connectivity index (χ1v) is 3.61. The maximum absolute atomic E-state index is 10.5. The van der Waals surface area contributed by atoms with Gasteiger partial charge in [0.05, 0.1) is 5.92 Å². The SMILES string of the molecule is C[C@H]1CC[C@@H](N)[C@@H]1C(=O)O. The molecule has 0 radical (unpaired) electrons. The fraction of sp³-hybridized carbons (Fsp3) is 0.857. The molecule has 0 aliphatic heterocycles. The summed E-state index contributed by atoms with van der Waals surface area (Å²) < 4.78 is 0. The van der Waals surface area contributed by atoms with Gasteiger partial charge in [-0.15, -0.1) is 0 Å². The minimum atomic E-state index is -0.738. The van der Waals surface area contributed by atoms with Crippen LogP contribution in [0.4, 0.5) is 0 Å². The molecule has 3 nitrogen and oxygen atoms in total. The second kappa shape index (κ2) is 2.58. The Balaban J connectivity index is 2.63. The number of hydrogen-bond acceptors (Lipinski definition) is 2. The highest BCUT2D eigenvalue weighted by molar-refractivity contribution is 5.71. The molecule has 1 rings (SSSR count). The van der Waals surface area contributed by atoms with Gasteiger partial charge in [0, 0.05) is 6.04 Å². The average molecular weight is 143 g/mol. The summed E-state index contributed by atoms with van der Waals surface area (Å²) in [6.07, 6.45) is 1.82. The Morgan fingerprint density at radius 2 is 2.20 bits per heavy atom. The van der Waals surface area contributed by atoms with Crippen LogP contribution >= 0.6 is 0 Å². The van der Waals surface area contributed by atoms with E-state index in [0.29, 0.717) is 0 Å². The zero-order valence-corrected chi connectivity index (χ0v) is 6.08. The van der Waals surface area contributed by atoms with E-state index in [1.165, 1.54) is 0 Å². The van der Waals surface area contributed by atoms with Gasteiger partial charge in [0.2, 0.25) is 0 Å². The summed E-state index contributed by atoms with van der Waals surface area (Å²) >= 11 is 0. The number of rotatable bonds is 1. The molecular weight excluding hydrogens is 130 g/mol. The number of carboxylic acid groups (broad SMARTS) is 1. The molecule has 3 atom stereocenters. The molecule has 1 saturated carbocycles. The molecule has 0 saturated heterocycles. The van der Waals surface area contributed by atoms with Crippen molar-refractivity contribution in [2.75, 3.05) is 0 Å². The van der Waals surface area contributed by atoms with E-state index in [-0.39, 0.29) is 17.9 Å². The Kier molecular flexibility index (Phi) is 1.94. The molecule has 58 valence electrons. The zero-order valence-electron chi connectivity index (χ0n) is 6.08. The first-order valence-electron chi connectivity index (χ1n) is 3.61. The third kappa shape index (κ3) is 1.14. The van der Waals surface area contributed by atoms with Crippen LogP contribution in [0.25, 0.3) is 0 Å². The van der Waals surface area contributed by atoms with Crippen molar-refractivity contribution in [3.05, 3.63) is 0 Å². The Morgan fingerprint density at radius 3 is 2.40 bits per heavy atom. The first-order chi connectivity index (χ1) is 4.63. The summed E-state index contributed by atoms with van der Waals surface area (Å²) in [4.78, 5) is 10.5. The molecule has 3 heteroatoms. The standard InChI is InChI=1S/C7H13NO2/c1-4-2-3-5(8)6(4)7(9)10/h4-6H,2-3,8H2,1H3,(H,9,10)/t4-,5+,6+/m0/s1. The Morgan fingerprint density at radius 1 is 1.60 bits per heavy atom. The predicted molar refractivity (Wildman–Crippen MR) is 37.5 cm³/mol. The maximum Gasteiger partial charge on any atom is 0.308 e. The van der Waals surface area contributed by atoms with Crippen LogP contribution in [0.15, 0.2) is 0 Å². The van der Waals surface area contributed by atoms with Gasteiger partial charge < -0.3 is 10.8 Å². The molecule has 1 aliphatic carbocycles. The normalized spacial score (nSPS) is 40.0. The summed E-state index contributed by atoms with van der Waals surface area (Å²) in [6.45, 7) is 1.95. The molecular formula is C7H13NO2. The third-order valence-corrected chi connectivity index (χ3v) is 2.31. The molecule has 3 N–H and O–H groups in total. The van der Waals surface area contributed by atoms with E-state index in [9.17, 15) is 4.79 Å². The van der Waals surface area contributed by atoms with Gasteiger partial charge in [-0.25, -0.2) is 0 Å². The van der Waals surface area contributed by atoms with E-state index in [1.54, 1.807) is 0 Å². The lowest BCUT2D eigenvalue weighted by Crippen LogP contribution is -2.33. The second-order valence-electron chi connectivity index (χ2n) is 3.08. The average Bonchev–Trinajstić information content (AvgIpc) is 2.11. The van der Waals surface area contributed by atoms with Crippen LogP contribution in [-0.2, 0) is 4.79 Å². The summed E-state index contributed by atoms with van der Waals surface area (Å²) in [5, 5.41) is 8.67.